The maximum absolute atomic E-state index is 13.7. The van der Waals surface area contributed by atoms with Crippen molar-refractivity contribution < 1.29 is 9.53 Å². The topological polar surface area (TPSA) is 47.4 Å². The quantitative estimate of drug-likeness (QED) is 0.538. The molecule has 0 N–H and O–H groups in total. The summed E-state index contributed by atoms with van der Waals surface area (Å²) in [4.78, 5) is 15.6. The highest BCUT2D eigenvalue weighted by atomic mass is 79.9. The first-order valence-electron chi connectivity index (χ1n) is 10.5. The summed E-state index contributed by atoms with van der Waals surface area (Å²) >= 11 is 3.50. The molecule has 0 saturated carbocycles. The summed E-state index contributed by atoms with van der Waals surface area (Å²) in [6.07, 6.45) is 4.08. The van der Waals surface area contributed by atoms with Crippen LogP contribution in [0.1, 0.15) is 47.1 Å². The van der Waals surface area contributed by atoms with Gasteiger partial charge in [-0.3, -0.25) is 4.79 Å². The smallest absolute Gasteiger partial charge is 0.275 e. The van der Waals surface area contributed by atoms with Gasteiger partial charge in [0.2, 0.25) is 0 Å². The molecule has 6 heteroatoms. The molecule has 2 aromatic carbocycles. The summed E-state index contributed by atoms with van der Waals surface area (Å²) in [6.45, 7) is 3.07. The number of nitrogens with zero attached hydrogens (tertiary/aromatic N) is 3. The van der Waals surface area contributed by atoms with Gasteiger partial charge < -0.3 is 9.64 Å². The van der Waals surface area contributed by atoms with Crippen molar-refractivity contribution in [3.8, 4) is 11.4 Å². The fraction of sp³-hybridized carbons (Fsp3) is 0.333. The van der Waals surface area contributed by atoms with E-state index in [1.807, 2.05) is 65.0 Å². The zero-order valence-electron chi connectivity index (χ0n) is 17.0. The standard InChI is InChI=1S/C24H24BrN3O2/c1-16-15-30-22-9-5-2-6-17(22)14-27(16)24(29)23-20-7-3-4-8-21(20)28(26-23)19-12-10-18(25)11-13-19/h2,5-6,9-13,16H,3-4,7-8,14-15H2,1H3. The van der Waals surface area contributed by atoms with E-state index in [1.54, 1.807) is 0 Å². The van der Waals surface area contributed by atoms with Crippen molar-refractivity contribution >= 4 is 21.8 Å². The van der Waals surface area contributed by atoms with E-state index in [2.05, 4.69) is 15.9 Å². The highest BCUT2D eigenvalue weighted by molar-refractivity contribution is 9.10. The van der Waals surface area contributed by atoms with Gasteiger partial charge in [-0.25, -0.2) is 4.68 Å². The predicted octanol–water partition coefficient (Wildman–Crippen LogP) is 4.94. The minimum atomic E-state index is -0.0260. The van der Waals surface area contributed by atoms with Crippen molar-refractivity contribution in [3.63, 3.8) is 0 Å². The van der Waals surface area contributed by atoms with Gasteiger partial charge in [0.15, 0.2) is 5.69 Å². The number of amides is 1. The molecule has 154 valence electrons. The van der Waals surface area contributed by atoms with Crippen LogP contribution in [0, 0.1) is 0 Å². The van der Waals surface area contributed by atoms with Crippen LogP contribution in [-0.4, -0.2) is 33.2 Å². The fourth-order valence-electron chi connectivity index (χ4n) is 4.39. The molecule has 30 heavy (non-hydrogen) atoms. The molecule has 1 aromatic heterocycles. The van der Waals surface area contributed by atoms with Crippen molar-refractivity contribution in [2.75, 3.05) is 6.61 Å². The molecule has 0 saturated heterocycles. The number of hydrogen-bond donors (Lipinski definition) is 0. The van der Waals surface area contributed by atoms with E-state index in [-0.39, 0.29) is 11.9 Å². The maximum Gasteiger partial charge on any atom is 0.275 e. The zero-order valence-corrected chi connectivity index (χ0v) is 18.6. The van der Waals surface area contributed by atoms with Gasteiger partial charge in [0.05, 0.1) is 18.3 Å². The number of halogens is 1. The van der Waals surface area contributed by atoms with Gasteiger partial charge in [-0.2, -0.15) is 5.10 Å². The lowest BCUT2D eigenvalue weighted by molar-refractivity contribution is 0.0637. The number of benzene rings is 2. The van der Waals surface area contributed by atoms with Crippen molar-refractivity contribution in [1.29, 1.82) is 0 Å². The third kappa shape index (κ3) is 3.43. The third-order valence-corrected chi connectivity index (χ3v) is 6.57. The highest BCUT2D eigenvalue weighted by Gasteiger charge is 2.32. The second-order valence-electron chi connectivity index (χ2n) is 8.07. The fourth-order valence-corrected chi connectivity index (χ4v) is 4.65. The first-order valence-corrected chi connectivity index (χ1v) is 11.3. The number of aromatic nitrogens is 2. The van der Waals surface area contributed by atoms with Crippen molar-refractivity contribution in [2.24, 2.45) is 0 Å². The van der Waals surface area contributed by atoms with Crippen LogP contribution in [0.15, 0.2) is 53.0 Å². The number of hydrogen-bond acceptors (Lipinski definition) is 3. The number of carbonyl (C=O) groups excluding carboxylic acids is 1. The second-order valence-corrected chi connectivity index (χ2v) is 8.99. The summed E-state index contributed by atoms with van der Waals surface area (Å²) in [6, 6.07) is 16.0. The number of para-hydroxylation sites is 1. The van der Waals surface area contributed by atoms with Crippen molar-refractivity contribution in [2.45, 2.75) is 45.2 Å². The molecule has 3 aromatic rings. The predicted molar refractivity (Wildman–Crippen MR) is 119 cm³/mol. The number of carbonyl (C=O) groups is 1. The van der Waals surface area contributed by atoms with E-state index < -0.39 is 0 Å². The Balaban J connectivity index is 1.55. The molecule has 0 bridgehead atoms. The molecular weight excluding hydrogens is 442 g/mol. The van der Waals surface area contributed by atoms with E-state index in [4.69, 9.17) is 9.84 Å². The zero-order chi connectivity index (χ0) is 20.7. The average Bonchev–Trinajstić information content (AvgIpc) is 3.07. The van der Waals surface area contributed by atoms with Gasteiger partial charge in [-0.05, 0) is 62.9 Å². The summed E-state index contributed by atoms with van der Waals surface area (Å²) in [5, 5.41) is 4.86. The van der Waals surface area contributed by atoms with E-state index in [9.17, 15) is 4.79 Å². The van der Waals surface area contributed by atoms with Crippen LogP contribution < -0.4 is 4.74 Å². The Labute approximate surface area is 184 Å². The van der Waals surface area contributed by atoms with Crippen molar-refractivity contribution in [3.05, 3.63) is 75.5 Å². The van der Waals surface area contributed by atoms with E-state index >= 15 is 0 Å². The first kappa shape index (κ1) is 19.4. The van der Waals surface area contributed by atoms with Gasteiger partial charge in [0.1, 0.15) is 12.4 Å². The summed E-state index contributed by atoms with van der Waals surface area (Å²) in [5.74, 6) is 0.860. The Kier molecular flexibility index (Phi) is 5.11. The Morgan fingerprint density at radius 2 is 1.87 bits per heavy atom. The molecular formula is C24H24BrN3O2. The Morgan fingerprint density at radius 1 is 1.10 bits per heavy atom. The molecule has 2 aliphatic rings. The van der Waals surface area contributed by atoms with E-state index in [1.165, 1.54) is 5.69 Å². The lowest BCUT2D eigenvalue weighted by atomic mass is 9.95. The largest absolute Gasteiger partial charge is 0.491 e. The molecule has 1 aliphatic heterocycles. The molecule has 0 spiro atoms. The third-order valence-electron chi connectivity index (χ3n) is 6.04. The summed E-state index contributed by atoms with van der Waals surface area (Å²) < 4.78 is 8.95. The number of rotatable bonds is 2. The molecule has 5 nitrogen and oxygen atoms in total. The minimum absolute atomic E-state index is 0.00295. The highest BCUT2D eigenvalue weighted by Crippen LogP contribution is 2.31. The van der Waals surface area contributed by atoms with Crippen LogP contribution in [0.2, 0.25) is 0 Å². The van der Waals surface area contributed by atoms with Gasteiger partial charge in [0.25, 0.3) is 5.91 Å². The normalized spacial score (nSPS) is 18.2. The molecule has 1 amide bonds. The van der Waals surface area contributed by atoms with Crippen LogP contribution >= 0.6 is 15.9 Å². The SMILES string of the molecule is CC1COc2ccccc2CN1C(=O)c1nn(-c2ccc(Br)cc2)c2c1CCCC2. The molecule has 1 unspecified atom stereocenters. The second kappa shape index (κ2) is 7.91. The van der Waals surface area contributed by atoms with Crippen molar-refractivity contribution in [1.82, 2.24) is 14.7 Å². The summed E-state index contributed by atoms with van der Waals surface area (Å²) in [5.41, 5.74) is 4.91. The summed E-state index contributed by atoms with van der Waals surface area (Å²) in [7, 11) is 0. The molecule has 5 rings (SSSR count). The number of ether oxygens (including phenoxy) is 1. The lowest BCUT2D eigenvalue weighted by Crippen LogP contribution is -2.40. The Hall–Kier alpha value is -2.60. The lowest BCUT2D eigenvalue weighted by Gasteiger charge is -2.26. The van der Waals surface area contributed by atoms with E-state index in [0.29, 0.717) is 18.8 Å². The number of fused-ring (bicyclic) bond motifs is 2. The monoisotopic (exact) mass is 465 g/mol. The van der Waals surface area contributed by atoms with E-state index in [0.717, 1.165) is 52.7 Å². The van der Waals surface area contributed by atoms with Crippen LogP contribution in [-0.2, 0) is 19.4 Å². The molecule has 0 fully saturated rings. The molecule has 2 heterocycles. The Bertz CT molecular complexity index is 1090. The van der Waals surface area contributed by atoms with Crippen LogP contribution in [0.25, 0.3) is 5.69 Å². The average molecular weight is 466 g/mol. The maximum atomic E-state index is 13.7. The van der Waals surface area contributed by atoms with Crippen LogP contribution in [0.4, 0.5) is 0 Å². The first-order chi connectivity index (χ1) is 14.6. The van der Waals surface area contributed by atoms with Crippen LogP contribution in [0.3, 0.4) is 0 Å². The molecule has 1 atom stereocenters. The van der Waals surface area contributed by atoms with Crippen LogP contribution in [0.5, 0.6) is 5.75 Å². The van der Waals surface area contributed by atoms with Gasteiger partial charge in [-0.1, -0.05) is 34.1 Å². The minimum Gasteiger partial charge on any atom is -0.491 e. The van der Waals surface area contributed by atoms with Gasteiger partial charge in [-0.15, -0.1) is 0 Å². The Morgan fingerprint density at radius 3 is 2.70 bits per heavy atom. The van der Waals surface area contributed by atoms with Gasteiger partial charge in [0, 0.05) is 21.3 Å². The molecule has 1 aliphatic carbocycles. The van der Waals surface area contributed by atoms with Gasteiger partial charge >= 0.3 is 0 Å². The molecule has 0 radical (unpaired) electrons.